The van der Waals surface area contributed by atoms with E-state index in [0.29, 0.717) is 0 Å². The predicted octanol–water partition coefficient (Wildman–Crippen LogP) is -0.0330. The summed E-state index contributed by atoms with van der Waals surface area (Å²) in [5.41, 5.74) is -10.3. The Kier molecular flexibility index (Phi) is 46.2. The molecule has 0 aromatic rings. The second kappa shape index (κ2) is 31.2. The quantitative estimate of drug-likeness (QED) is 0.155. The molecular formula is C18H42Al3O6P3S6. The van der Waals surface area contributed by atoms with E-state index in [2.05, 4.69) is 36.7 Å². The van der Waals surface area contributed by atoms with Crippen LogP contribution in [-0.2, 0) is 67.0 Å². The molecule has 0 aromatic carbocycles. The zero-order valence-corrected chi connectivity index (χ0v) is 33.5. The molecule has 0 heterocycles. The van der Waals surface area contributed by atoms with Gasteiger partial charge in [0.1, 0.15) is 0 Å². The van der Waals surface area contributed by atoms with Gasteiger partial charge in [-0.05, 0) is 73.0 Å². The zero-order valence-electron chi connectivity index (χ0n) is 22.5. The van der Waals surface area contributed by atoms with Gasteiger partial charge in [-0.25, -0.2) is 30.2 Å². The predicted molar refractivity (Wildman–Crippen MR) is 173 cm³/mol. The molecule has 0 fully saturated rings. The van der Waals surface area contributed by atoms with E-state index in [9.17, 15) is 29.4 Å². The molecule has 0 saturated heterocycles. The Morgan fingerprint density at radius 1 is 0.389 bits per heavy atom. The molecule has 0 atom stereocenters. The van der Waals surface area contributed by atoms with Crippen molar-refractivity contribution in [3.8, 4) is 0 Å². The molecule has 0 aromatic heterocycles. The van der Waals surface area contributed by atoms with Gasteiger partial charge in [-0.3, -0.25) is 0 Å². The van der Waals surface area contributed by atoms with Gasteiger partial charge in [0.15, 0.2) is 0 Å². The van der Waals surface area contributed by atoms with Crippen molar-refractivity contribution in [1.82, 2.24) is 0 Å². The summed E-state index contributed by atoms with van der Waals surface area (Å²) in [6, 6.07) is 0. The molecule has 0 N–H and O–H groups in total. The van der Waals surface area contributed by atoms with Crippen LogP contribution in [0.2, 0.25) is 0 Å². The van der Waals surface area contributed by atoms with Crippen molar-refractivity contribution >= 4 is 136 Å². The van der Waals surface area contributed by atoms with Crippen LogP contribution in [0.5, 0.6) is 0 Å². The van der Waals surface area contributed by atoms with Crippen LogP contribution in [0, 0.1) is 0 Å². The Morgan fingerprint density at radius 3 is 0.556 bits per heavy atom. The van der Waals surface area contributed by atoms with Gasteiger partial charge in [0.2, 0.25) is 0 Å². The summed E-state index contributed by atoms with van der Waals surface area (Å²) in [4.78, 5) is 65.8. The maximum atomic E-state index is 11.0. The van der Waals surface area contributed by atoms with Crippen molar-refractivity contribution in [2.24, 2.45) is 0 Å². The van der Waals surface area contributed by atoms with E-state index in [1.54, 1.807) is 0 Å². The summed E-state index contributed by atoms with van der Waals surface area (Å²) < 4.78 is 0. The molecule has 0 amide bonds. The van der Waals surface area contributed by atoms with E-state index in [0.717, 1.165) is 73.0 Å². The molecule has 0 aliphatic carbocycles. The topological polar surface area (TPSA) is 138 Å². The average molecular weight is 721 g/mol. The van der Waals surface area contributed by atoms with E-state index in [4.69, 9.17) is 0 Å². The minimum absolute atomic E-state index is 0. The maximum absolute atomic E-state index is 11.0. The van der Waals surface area contributed by atoms with Gasteiger partial charge in [0, 0.05) is 0 Å². The van der Waals surface area contributed by atoms with Gasteiger partial charge in [0.05, 0.1) is 0 Å². The van der Waals surface area contributed by atoms with Gasteiger partial charge in [-0.2, -0.15) is 0 Å². The first-order valence-corrected chi connectivity index (χ1v) is 25.6. The van der Waals surface area contributed by atoms with Gasteiger partial charge >= 0.3 is 52.1 Å². The monoisotopic (exact) mass is 720 g/mol. The first-order valence-electron chi connectivity index (χ1n) is 11.2. The summed E-state index contributed by atoms with van der Waals surface area (Å²) in [5.74, 6) is 4.49. The van der Waals surface area contributed by atoms with Crippen LogP contribution in [-0.4, -0.2) is 86.6 Å². The Balaban J connectivity index is -0.0000000900. The molecule has 0 rings (SSSR count). The van der Waals surface area contributed by atoms with Crippen LogP contribution in [0.4, 0.5) is 0 Å². The van der Waals surface area contributed by atoms with Crippen molar-refractivity contribution < 1.29 is 29.4 Å². The zero-order chi connectivity index (χ0) is 26.7. The summed E-state index contributed by atoms with van der Waals surface area (Å²) in [7, 11) is -1.58. The van der Waals surface area contributed by atoms with Crippen LogP contribution in [0.1, 0.15) is 80.1 Å². The Morgan fingerprint density at radius 2 is 0.500 bits per heavy atom. The molecule has 210 valence electrons. The van der Waals surface area contributed by atoms with E-state index >= 15 is 0 Å². The number of rotatable bonds is 12. The molecule has 18 heteroatoms. The van der Waals surface area contributed by atoms with E-state index in [-0.39, 0.29) is 52.1 Å². The van der Waals surface area contributed by atoms with Crippen molar-refractivity contribution in [1.29, 1.82) is 0 Å². The molecule has 0 aliphatic heterocycles. The summed E-state index contributed by atoms with van der Waals surface area (Å²) >= 11 is 13.3. The second-order valence-electron chi connectivity index (χ2n) is 6.95. The third kappa shape index (κ3) is 33.3. The third-order valence-electron chi connectivity index (χ3n) is 3.59. The standard InChI is InChI=1S/3C6H14O2PS2.3Al/c3*1-3-5-11(6-4-2)9(7,8)10;;;/h3*3-6H2,1-2H3;;;/q3*-3;3*+3. The molecule has 0 unspecified atom stereocenters. The van der Waals surface area contributed by atoms with E-state index < -0.39 is 47.3 Å². The van der Waals surface area contributed by atoms with Crippen LogP contribution >= 0.6 is 17.1 Å². The molecular weight excluding hydrogens is 678 g/mol. The molecule has 0 bridgehead atoms. The van der Waals surface area contributed by atoms with E-state index in [1.165, 1.54) is 0 Å². The fourth-order valence-corrected chi connectivity index (χ4v) is 18.5. The van der Waals surface area contributed by atoms with E-state index in [1.807, 2.05) is 41.5 Å². The normalized spacial score (nSPS) is 11.5. The van der Waals surface area contributed by atoms with Gasteiger partial charge in [-0.1, -0.05) is 41.5 Å². The van der Waals surface area contributed by atoms with Crippen LogP contribution in [0.3, 0.4) is 0 Å². The minimum Gasteiger partial charge on any atom is -0.854 e. The Bertz CT molecular complexity index is 548. The molecule has 0 saturated carbocycles. The van der Waals surface area contributed by atoms with Gasteiger partial charge in [0.25, 0.3) is 0 Å². The van der Waals surface area contributed by atoms with Gasteiger partial charge in [-0.15, -0.1) is 0 Å². The summed E-state index contributed by atoms with van der Waals surface area (Å²) in [5, 5.41) is 0. The fourth-order valence-electron chi connectivity index (χ4n) is 2.39. The van der Waals surface area contributed by atoms with Crippen molar-refractivity contribution in [2.45, 2.75) is 80.1 Å². The second-order valence-corrected chi connectivity index (χ2v) is 30.2. The van der Waals surface area contributed by atoms with Crippen LogP contribution < -0.4 is 29.4 Å². The maximum Gasteiger partial charge on any atom is 3.00 e. The van der Waals surface area contributed by atoms with Crippen LogP contribution in [0.15, 0.2) is 0 Å². The minimum atomic E-state index is -3.45. The molecule has 0 aliphatic rings. The first kappa shape index (κ1) is 53.3. The van der Waals surface area contributed by atoms with Crippen LogP contribution in [0.25, 0.3) is 0 Å². The Labute approximate surface area is 277 Å². The van der Waals surface area contributed by atoms with Gasteiger partial charge < -0.3 is 83.2 Å². The van der Waals surface area contributed by atoms with Crippen molar-refractivity contribution in [3.05, 3.63) is 0 Å². The summed E-state index contributed by atoms with van der Waals surface area (Å²) in [6.07, 6.45) is 5.45. The first-order chi connectivity index (χ1) is 15.1. The smallest absolute Gasteiger partial charge is 0.854 e. The summed E-state index contributed by atoms with van der Waals surface area (Å²) in [6.45, 7) is 11.9. The van der Waals surface area contributed by atoms with Crippen molar-refractivity contribution in [2.75, 3.05) is 34.5 Å². The number of hydrogen-bond donors (Lipinski definition) is 0. The largest absolute Gasteiger partial charge is 3.00 e. The Hall–Kier alpha value is 4.75. The van der Waals surface area contributed by atoms with Crippen molar-refractivity contribution in [3.63, 3.8) is 0 Å². The number of hydrogen-bond acceptors (Lipinski definition) is 9. The fraction of sp³-hybridized carbons (Fsp3) is 1.00. The molecule has 36 heavy (non-hydrogen) atoms. The molecule has 0 spiro atoms. The third-order valence-corrected chi connectivity index (χ3v) is 25.4. The average Bonchev–Trinajstić information content (AvgIpc) is 2.66. The SMILES string of the molecule is CCCS(CCC)=P([O-])([O-])[S-].CCCS(CCC)=P([O-])([O-])[S-].CCCS(CCC)=P([O-])([O-])[S-].[Al+3].[Al+3].[Al+3]. The molecule has 0 radical (unpaired) electrons. The molecule has 6 nitrogen and oxygen atoms in total.